The smallest absolute Gasteiger partial charge is 0.225 e. The molecule has 0 saturated carbocycles. The van der Waals surface area contributed by atoms with E-state index in [0.29, 0.717) is 5.95 Å². The van der Waals surface area contributed by atoms with Gasteiger partial charge < -0.3 is 4.90 Å². The highest BCUT2D eigenvalue weighted by molar-refractivity contribution is 5.60. The molecule has 20 heavy (non-hydrogen) atoms. The van der Waals surface area contributed by atoms with Gasteiger partial charge in [-0.2, -0.15) is 5.26 Å². The number of nitriles is 1. The molecule has 0 spiro atoms. The molecule has 2 aromatic heterocycles. The lowest BCUT2D eigenvalue weighted by Crippen LogP contribution is -2.35. The first-order valence-corrected chi connectivity index (χ1v) is 6.74. The van der Waals surface area contributed by atoms with Gasteiger partial charge >= 0.3 is 0 Å². The molecule has 0 radical (unpaired) electrons. The van der Waals surface area contributed by atoms with Crippen LogP contribution < -0.4 is 4.90 Å². The predicted molar refractivity (Wildman–Crippen MR) is 75.8 cm³/mol. The summed E-state index contributed by atoms with van der Waals surface area (Å²) in [4.78, 5) is 15.0. The van der Waals surface area contributed by atoms with Crippen molar-refractivity contribution in [3.8, 4) is 17.2 Å². The SMILES string of the molecule is N#CC1CCCN(c2ncc(-c3cccnc3)cn2)C1. The Balaban J connectivity index is 1.78. The normalized spacial score (nSPS) is 18.6. The summed E-state index contributed by atoms with van der Waals surface area (Å²) in [6, 6.07) is 6.21. The topological polar surface area (TPSA) is 65.7 Å². The molecule has 5 nitrogen and oxygen atoms in total. The van der Waals surface area contributed by atoms with Crippen LogP contribution in [0.4, 0.5) is 5.95 Å². The molecule has 3 heterocycles. The van der Waals surface area contributed by atoms with Crippen LogP contribution in [0.2, 0.25) is 0 Å². The first-order valence-electron chi connectivity index (χ1n) is 6.74. The Morgan fingerprint density at radius 3 is 2.75 bits per heavy atom. The Bertz CT molecular complexity index is 602. The van der Waals surface area contributed by atoms with Gasteiger partial charge in [0.1, 0.15) is 0 Å². The van der Waals surface area contributed by atoms with Crippen LogP contribution in [-0.2, 0) is 0 Å². The van der Waals surface area contributed by atoms with Crippen molar-refractivity contribution in [2.75, 3.05) is 18.0 Å². The minimum Gasteiger partial charge on any atom is -0.340 e. The van der Waals surface area contributed by atoms with Crippen molar-refractivity contribution in [1.29, 1.82) is 5.26 Å². The molecule has 1 atom stereocenters. The van der Waals surface area contributed by atoms with Crippen LogP contribution in [0.15, 0.2) is 36.9 Å². The molecule has 0 aliphatic carbocycles. The molecule has 2 aromatic rings. The van der Waals surface area contributed by atoms with Gasteiger partial charge in [-0.05, 0) is 18.9 Å². The van der Waals surface area contributed by atoms with Crippen LogP contribution in [-0.4, -0.2) is 28.0 Å². The Kier molecular flexibility index (Phi) is 3.55. The lowest BCUT2D eigenvalue weighted by atomic mass is 10.0. The summed E-state index contributed by atoms with van der Waals surface area (Å²) in [5.41, 5.74) is 1.96. The fourth-order valence-electron chi connectivity index (χ4n) is 2.43. The van der Waals surface area contributed by atoms with E-state index < -0.39 is 0 Å². The van der Waals surface area contributed by atoms with E-state index in [1.807, 2.05) is 24.5 Å². The number of rotatable bonds is 2. The molecule has 0 aromatic carbocycles. The van der Waals surface area contributed by atoms with Crippen molar-refractivity contribution in [3.05, 3.63) is 36.9 Å². The first kappa shape index (κ1) is 12.5. The highest BCUT2D eigenvalue weighted by atomic mass is 15.2. The number of aromatic nitrogens is 3. The van der Waals surface area contributed by atoms with E-state index in [4.69, 9.17) is 5.26 Å². The number of hydrogen-bond donors (Lipinski definition) is 0. The largest absolute Gasteiger partial charge is 0.340 e. The Morgan fingerprint density at radius 1 is 1.20 bits per heavy atom. The summed E-state index contributed by atoms with van der Waals surface area (Å²) < 4.78 is 0. The highest BCUT2D eigenvalue weighted by Gasteiger charge is 2.21. The summed E-state index contributed by atoms with van der Waals surface area (Å²) in [6.45, 7) is 1.65. The predicted octanol–water partition coefficient (Wildman–Crippen LogP) is 2.28. The van der Waals surface area contributed by atoms with Crippen LogP contribution in [0.1, 0.15) is 12.8 Å². The van der Waals surface area contributed by atoms with Crippen LogP contribution >= 0.6 is 0 Å². The van der Waals surface area contributed by atoms with E-state index in [-0.39, 0.29) is 5.92 Å². The second-order valence-electron chi connectivity index (χ2n) is 4.93. The third-order valence-electron chi connectivity index (χ3n) is 3.52. The summed E-state index contributed by atoms with van der Waals surface area (Å²) in [5.74, 6) is 0.794. The fraction of sp³-hybridized carbons (Fsp3) is 0.333. The standard InChI is InChI=1S/C15H15N5/c16-7-12-3-2-6-20(11-12)15-18-9-14(10-19-15)13-4-1-5-17-8-13/h1,4-5,8-10,12H,2-3,6,11H2. The van der Waals surface area contributed by atoms with Gasteiger partial charge in [-0.1, -0.05) is 6.07 Å². The van der Waals surface area contributed by atoms with Crippen molar-refractivity contribution in [1.82, 2.24) is 15.0 Å². The van der Waals surface area contributed by atoms with E-state index in [1.54, 1.807) is 12.4 Å². The average Bonchev–Trinajstić information content (AvgIpc) is 2.56. The Hall–Kier alpha value is -2.48. The van der Waals surface area contributed by atoms with Gasteiger partial charge in [-0.15, -0.1) is 0 Å². The molecule has 1 aliphatic rings. The zero-order valence-electron chi connectivity index (χ0n) is 11.1. The Labute approximate surface area is 117 Å². The maximum atomic E-state index is 9.02. The van der Waals surface area contributed by atoms with Crippen LogP contribution in [0.25, 0.3) is 11.1 Å². The summed E-state index contributed by atoms with van der Waals surface area (Å²) >= 11 is 0. The molecule has 100 valence electrons. The monoisotopic (exact) mass is 265 g/mol. The summed E-state index contributed by atoms with van der Waals surface area (Å²) in [6.07, 6.45) is 9.16. The van der Waals surface area contributed by atoms with Gasteiger partial charge in [0.05, 0.1) is 12.0 Å². The van der Waals surface area contributed by atoms with Crippen molar-refractivity contribution in [2.45, 2.75) is 12.8 Å². The molecule has 3 rings (SSSR count). The van der Waals surface area contributed by atoms with Crippen molar-refractivity contribution >= 4 is 5.95 Å². The molecule has 1 unspecified atom stereocenters. The van der Waals surface area contributed by atoms with Crippen molar-refractivity contribution in [3.63, 3.8) is 0 Å². The van der Waals surface area contributed by atoms with E-state index in [0.717, 1.165) is 37.1 Å². The minimum absolute atomic E-state index is 0.0883. The van der Waals surface area contributed by atoms with Gasteiger partial charge in [0.25, 0.3) is 0 Å². The van der Waals surface area contributed by atoms with Gasteiger partial charge in [-0.25, -0.2) is 9.97 Å². The third-order valence-corrected chi connectivity index (χ3v) is 3.52. The number of anilines is 1. The summed E-state index contributed by atoms with van der Waals surface area (Å²) in [5, 5.41) is 9.02. The number of piperidine rings is 1. The quantitative estimate of drug-likeness (QED) is 0.833. The second-order valence-corrected chi connectivity index (χ2v) is 4.93. The van der Waals surface area contributed by atoms with Crippen LogP contribution in [0.5, 0.6) is 0 Å². The third kappa shape index (κ3) is 2.59. The fourth-order valence-corrected chi connectivity index (χ4v) is 2.43. The second kappa shape index (κ2) is 5.66. The zero-order valence-corrected chi connectivity index (χ0v) is 11.1. The van der Waals surface area contributed by atoms with Gasteiger partial charge in [0, 0.05) is 49.0 Å². The molecular weight excluding hydrogens is 250 g/mol. The van der Waals surface area contributed by atoms with Gasteiger partial charge in [0.2, 0.25) is 5.95 Å². The minimum atomic E-state index is 0.0883. The maximum Gasteiger partial charge on any atom is 0.225 e. The van der Waals surface area contributed by atoms with Gasteiger partial charge in [0.15, 0.2) is 0 Å². The Morgan fingerprint density at radius 2 is 2.05 bits per heavy atom. The zero-order chi connectivity index (χ0) is 13.8. The van der Waals surface area contributed by atoms with E-state index in [9.17, 15) is 0 Å². The average molecular weight is 265 g/mol. The van der Waals surface area contributed by atoms with E-state index >= 15 is 0 Å². The molecule has 0 bridgehead atoms. The first-order chi connectivity index (χ1) is 9.86. The lowest BCUT2D eigenvalue weighted by Gasteiger charge is -2.29. The van der Waals surface area contributed by atoms with E-state index in [2.05, 4.69) is 25.9 Å². The van der Waals surface area contributed by atoms with Crippen molar-refractivity contribution in [2.24, 2.45) is 5.92 Å². The highest BCUT2D eigenvalue weighted by Crippen LogP contribution is 2.21. The molecule has 0 amide bonds. The van der Waals surface area contributed by atoms with E-state index in [1.165, 1.54) is 0 Å². The molecule has 5 heteroatoms. The molecule has 1 fully saturated rings. The van der Waals surface area contributed by atoms with Gasteiger partial charge in [-0.3, -0.25) is 4.98 Å². The molecule has 0 N–H and O–H groups in total. The van der Waals surface area contributed by atoms with Crippen LogP contribution in [0.3, 0.4) is 0 Å². The molecular formula is C15H15N5. The molecule has 1 aliphatic heterocycles. The lowest BCUT2D eigenvalue weighted by molar-refractivity contribution is 0.487. The number of hydrogen-bond acceptors (Lipinski definition) is 5. The summed E-state index contributed by atoms with van der Waals surface area (Å²) in [7, 11) is 0. The van der Waals surface area contributed by atoms with Crippen LogP contribution in [0, 0.1) is 17.2 Å². The molecule has 1 saturated heterocycles. The number of nitrogens with zero attached hydrogens (tertiary/aromatic N) is 5. The maximum absolute atomic E-state index is 9.02. The number of pyridine rings is 1. The van der Waals surface area contributed by atoms with Crippen molar-refractivity contribution < 1.29 is 0 Å².